The first-order valence-electron chi connectivity index (χ1n) is 8.94. The molecular weight excluding hydrogens is 379 g/mol. The Morgan fingerprint density at radius 3 is 2.61 bits per heavy atom. The van der Waals surface area contributed by atoms with Crippen molar-refractivity contribution in [2.24, 2.45) is 0 Å². The van der Waals surface area contributed by atoms with Crippen molar-refractivity contribution < 1.29 is 9.18 Å². The van der Waals surface area contributed by atoms with Gasteiger partial charge in [0.15, 0.2) is 0 Å². The van der Waals surface area contributed by atoms with Gasteiger partial charge in [0, 0.05) is 47.7 Å². The van der Waals surface area contributed by atoms with Crippen molar-refractivity contribution in [2.75, 3.05) is 31.1 Å². The van der Waals surface area contributed by atoms with Gasteiger partial charge in [-0.25, -0.2) is 4.39 Å². The average Bonchev–Trinajstić information content (AvgIpc) is 2.73. The number of carbonyl (C=O) groups is 1. The molecule has 1 fully saturated rings. The van der Waals surface area contributed by atoms with Crippen molar-refractivity contribution in [3.8, 4) is 11.1 Å². The number of rotatable bonds is 3. The highest BCUT2D eigenvalue weighted by Gasteiger charge is 2.22. The van der Waals surface area contributed by atoms with E-state index in [9.17, 15) is 9.18 Å². The molecule has 0 atom stereocenters. The molecule has 1 aliphatic rings. The molecule has 2 heterocycles. The summed E-state index contributed by atoms with van der Waals surface area (Å²) < 4.78 is 14.2. The zero-order valence-electron chi connectivity index (χ0n) is 15.1. The summed E-state index contributed by atoms with van der Waals surface area (Å²) in [6, 6.07) is 10.1. The molecule has 1 saturated heterocycles. The molecule has 0 radical (unpaired) electrons. The van der Waals surface area contributed by atoms with Gasteiger partial charge in [0.25, 0.3) is 0 Å². The van der Waals surface area contributed by atoms with Crippen LogP contribution in [0.3, 0.4) is 0 Å². The zero-order chi connectivity index (χ0) is 19.7. The van der Waals surface area contributed by atoms with Crippen LogP contribution in [0.2, 0.25) is 5.02 Å². The van der Waals surface area contributed by atoms with Crippen LogP contribution in [0.15, 0.2) is 55.3 Å². The molecule has 28 heavy (non-hydrogen) atoms. The van der Waals surface area contributed by atoms with Crippen LogP contribution in [0, 0.1) is 5.82 Å². The second kappa shape index (κ2) is 7.56. The predicted molar refractivity (Wildman–Crippen MR) is 109 cm³/mol. The Morgan fingerprint density at radius 2 is 1.89 bits per heavy atom. The lowest BCUT2D eigenvalue weighted by Gasteiger charge is -2.35. The number of anilines is 1. The Labute approximate surface area is 167 Å². The number of hydrogen-bond donors (Lipinski definition) is 0. The van der Waals surface area contributed by atoms with E-state index >= 15 is 0 Å². The molecule has 1 aliphatic heterocycles. The maximum absolute atomic E-state index is 14.2. The second-order valence-corrected chi connectivity index (χ2v) is 6.98. The summed E-state index contributed by atoms with van der Waals surface area (Å²) in [7, 11) is 0. The average molecular weight is 397 g/mol. The zero-order valence-corrected chi connectivity index (χ0v) is 15.9. The number of hydrogen-bond acceptors (Lipinski definition) is 4. The molecule has 0 bridgehead atoms. The van der Waals surface area contributed by atoms with Crippen LogP contribution < -0.4 is 4.90 Å². The summed E-state index contributed by atoms with van der Waals surface area (Å²) in [6.45, 7) is 6.10. The molecule has 5 nitrogen and oxygen atoms in total. The third kappa shape index (κ3) is 3.31. The highest BCUT2D eigenvalue weighted by Crippen LogP contribution is 2.36. The number of amides is 1. The molecule has 7 heteroatoms. The normalized spacial score (nSPS) is 14.4. The largest absolute Gasteiger partial charge is 0.366 e. The Bertz CT molecular complexity index is 1060. The van der Waals surface area contributed by atoms with Gasteiger partial charge in [-0.05, 0) is 24.3 Å². The summed E-state index contributed by atoms with van der Waals surface area (Å²) in [5.41, 5.74) is 2.56. The highest BCUT2D eigenvalue weighted by atomic mass is 35.5. The third-order valence-electron chi connectivity index (χ3n) is 4.98. The van der Waals surface area contributed by atoms with E-state index < -0.39 is 0 Å². The Balaban J connectivity index is 1.70. The first-order valence-corrected chi connectivity index (χ1v) is 9.32. The predicted octanol–water partition coefficient (Wildman–Crippen LogP) is 3.92. The molecule has 3 aromatic rings. The van der Waals surface area contributed by atoms with Crippen LogP contribution in [-0.4, -0.2) is 47.2 Å². The summed E-state index contributed by atoms with van der Waals surface area (Å²) in [5.74, 6) is -0.397. The summed E-state index contributed by atoms with van der Waals surface area (Å²) >= 11 is 6.51. The van der Waals surface area contributed by atoms with E-state index in [1.165, 1.54) is 12.1 Å². The van der Waals surface area contributed by atoms with E-state index in [2.05, 4.69) is 21.7 Å². The van der Waals surface area contributed by atoms with Crippen molar-refractivity contribution >= 4 is 34.1 Å². The van der Waals surface area contributed by atoms with E-state index in [1.807, 2.05) is 6.07 Å². The van der Waals surface area contributed by atoms with Crippen molar-refractivity contribution in [1.82, 2.24) is 15.1 Å². The molecule has 0 spiro atoms. The van der Waals surface area contributed by atoms with Gasteiger partial charge < -0.3 is 9.80 Å². The van der Waals surface area contributed by atoms with Crippen LogP contribution in [0.1, 0.15) is 0 Å². The Hall–Kier alpha value is -2.99. The van der Waals surface area contributed by atoms with Crippen molar-refractivity contribution in [3.05, 3.63) is 66.1 Å². The summed E-state index contributed by atoms with van der Waals surface area (Å²) in [6.07, 6.45) is 3.04. The maximum atomic E-state index is 14.2. The standard InChI is InChI=1S/C21H18ClFN4O/c1-2-21(28)27-9-7-26(8-10-27)20-13-24-25-19-12-15(17(22)11-16(19)20)14-5-3-4-6-18(14)23/h2-6,11-13H,1,7-10H2. The van der Waals surface area contributed by atoms with Crippen molar-refractivity contribution in [3.63, 3.8) is 0 Å². The van der Waals surface area contributed by atoms with Crippen molar-refractivity contribution in [1.29, 1.82) is 0 Å². The van der Waals surface area contributed by atoms with Gasteiger partial charge in [0.2, 0.25) is 5.91 Å². The lowest BCUT2D eigenvalue weighted by atomic mass is 10.0. The van der Waals surface area contributed by atoms with E-state index in [1.54, 1.807) is 35.4 Å². The number of fused-ring (bicyclic) bond motifs is 1. The van der Waals surface area contributed by atoms with Crippen LogP contribution >= 0.6 is 11.6 Å². The van der Waals surface area contributed by atoms with E-state index in [4.69, 9.17) is 11.6 Å². The minimum atomic E-state index is -0.337. The summed E-state index contributed by atoms with van der Waals surface area (Å²) in [4.78, 5) is 15.7. The van der Waals surface area contributed by atoms with Gasteiger partial charge in [-0.15, -0.1) is 0 Å². The smallest absolute Gasteiger partial charge is 0.246 e. The van der Waals surface area contributed by atoms with Crippen LogP contribution in [0.25, 0.3) is 22.0 Å². The number of benzene rings is 2. The van der Waals surface area contributed by atoms with Crippen LogP contribution in [0.5, 0.6) is 0 Å². The summed E-state index contributed by atoms with van der Waals surface area (Å²) in [5, 5.41) is 9.64. The van der Waals surface area contributed by atoms with Gasteiger partial charge >= 0.3 is 0 Å². The Morgan fingerprint density at radius 1 is 1.14 bits per heavy atom. The fraction of sp³-hybridized carbons (Fsp3) is 0.190. The molecule has 4 rings (SSSR count). The molecule has 1 amide bonds. The highest BCUT2D eigenvalue weighted by molar-refractivity contribution is 6.34. The molecular formula is C21H18ClFN4O. The lowest BCUT2D eigenvalue weighted by molar-refractivity contribution is -0.126. The lowest BCUT2D eigenvalue weighted by Crippen LogP contribution is -2.48. The number of piperazine rings is 1. The van der Waals surface area contributed by atoms with Crippen LogP contribution in [-0.2, 0) is 4.79 Å². The Kier molecular flexibility index (Phi) is 4.96. The van der Waals surface area contributed by atoms with E-state index in [0.717, 1.165) is 11.1 Å². The molecule has 142 valence electrons. The quantitative estimate of drug-likeness (QED) is 0.629. The fourth-order valence-electron chi connectivity index (χ4n) is 3.50. The number of nitrogens with zero attached hydrogens (tertiary/aromatic N) is 4. The maximum Gasteiger partial charge on any atom is 0.246 e. The molecule has 1 aromatic heterocycles. The second-order valence-electron chi connectivity index (χ2n) is 6.58. The molecule has 0 saturated carbocycles. The van der Waals surface area contributed by atoms with E-state index in [0.29, 0.717) is 47.8 Å². The number of halogens is 2. The monoisotopic (exact) mass is 396 g/mol. The SMILES string of the molecule is C=CC(=O)N1CCN(c2cnnc3cc(-c4ccccc4F)c(Cl)cc23)CC1. The van der Waals surface area contributed by atoms with Gasteiger partial charge in [-0.3, -0.25) is 4.79 Å². The van der Waals surface area contributed by atoms with Gasteiger partial charge in [0.1, 0.15) is 5.82 Å². The van der Waals surface area contributed by atoms with Gasteiger partial charge in [-0.2, -0.15) is 10.2 Å². The molecule has 0 aliphatic carbocycles. The number of carbonyl (C=O) groups excluding carboxylic acids is 1. The van der Waals surface area contributed by atoms with Crippen LogP contribution in [0.4, 0.5) is 10.1 Å². The third-order valence-corrected chi connectivity index (χ3v) is 5.29. The van der Waals surface area contributed by atoms with Gasteiger partial charge in [-0.1, -0.05) is 36.4 Å². The van der Waals surface area contributed by atoms with E-state index in [-0.39, 0.29) is 11.7 Å². The first-order chi connectivity index (χ1) is 13.6. The molecule has 2 aromatic carbocycles. The minimum absolute atomic E-state index is 0.0602. The van der Waals surface area contributed by atoms with Gasteiger partial charge in [0.05, 0.1) is 17.4 Å². The minimum Gasteiger partial charge on any atom is -0.366 e. The fourth-order valence-corrected chi connectivity index (χ4v) is 3.77. The first kappa shape index (κ1) is 18.4. The topological polar surface area (TPSA) is 49.3 Å². The molecule has 0 unspecified atom stereocenters. The number of aromatic nitrogens is 2. The molecule has 0 N–H and O–H groups in total. The van der Waals surface area contributed by atoms with Crippen molar-refractivity contribution in [2.45, 2.75) is 0 Å².